The Morgan fingerprint density at radius 2 is 2.17 bits per heavy atom. The molecule has 1 aliphatic heterocycles. The van der Waals surface area contributed by atoms with Gasteiger partial charge < -0.3 is 4.90 Å². The highest BCUT2D eigenvalue weighted by molar-refractivity contribution is 5.91. The molecule has 1 saturated heterocycles. The van der Waals surface area contributed by atoms with Gasteiger partial charge in [0.1, 0.15) is 5.82 Å². The Morgan fingerprint density at radius 1 is 1.39 bits per heavy atom. The summed E-state index contributed by atoms with van der Waals surface area (Å²) in [5.74, 6) is 1.74. The van der Waals surface area contributed by atoms with Gasteiger partial charge in [-0.05, 0) is 39.0 Å². The molecule has 5 nitrogen and oxygen atoms in total. The molecular formula is C13H20N4O. The number of carbonyl (C=O) groups excluding carboxylic acids is 1. The third kappa shape index (κ3) is 1.91. The zero-order chi connectivity index (χ0) is 12.7. The number of hydrogen-bond acceptors (Lipinski definition) is 3. The molecule has 2 atom stereocenters. The summed E-state index contributed by atoms with van der Waals surface area (Å²) in [6, 6.07) is 0.667. The molecule has 1 amide bonds. The first-order valence-corrected chi connectivity index (χ1v) is 6.95. The molecule has 0 spiro atoms. The normalized spacial score (nSPS) is 27.8. The fourth-order valence-corrected chi connectivity index (χ4v) is 2.86. The third-order valence-corrected chi connectivity index (χ3v) is 4.15. The van der Waals surface area contributed by atoms with Crippen molar-refractivity contribution >= 4 is 5.91 Å². The molecule has 18 heavy (non-hydrogen) atoms. The van der Waals surface area contributed by atoms with Crippen LogP contribution in [0.1, 0.15) is 68.3 Å². The van der Waals surface area contributed by atoms with Crippen molar-refractivity contribution in [2.75, 3.05) is 0 Å². The summed E-state index contributed by atoms with van der Waals surface area (Å²) < 4.78 is 0. The molecule has 0 radical (unpaired) electrons. The van der Waals surface area contributed by atoms with Gasteiger partial charge in [0.2, 0.25) is 5.82 Å². The highest BCUT2D eigenvalue weighted by Crippen LogP contribution is 2.38. The molecular weight excluding hydrogens is 228 g/mol. The van der Waals surface area contributed by atoms with Crippen LogP contribution >= 0.6 is 0 Å². The number of aromatic nitrogens is 3. The van der Waals surface area contributed by atoms with E-state index in [1.165, 1.54) is 12.8 Å². The molecule has 2 unspecified atom stereocenters. The van der Waals surface area contributed by atoms with Crippen LogP contribution in [0, 0.1) is 0 Å². The van der Waals surface area contributed by atoms with Crippen molar-refractivity contribution in [3.63, 3.8) is 0 Å². The molecule has 1 aromatic heterocycles. The number of amides is 1. The lowest BCUT2D eigenvalue weighted by Gasteiger charge is -2.26. The lowest BCUT2D eigenvalue weighted by molar-refractivity contribution is 0.0664. The maximum Gasteiger partial charge on any atom is 0.294 e. The van der Waals surface area contributed by atoms with E-state index in [1.54, 1.807) is 0 Å². The Labute approximate surface area is 107 Å². The van der Waals surface area contributed by atoms with Gasteiger partial charge in [0, 0.05) is 18.0 Å². The second-order valence-electron chi connectivity index (χ2n) is 5.52. The second kappa shape index (κ2) is 4.37. The molecule has 1 aliphatic carbocycles. The van der Waals surface area contributed by atoms with Crippen molar-refractivity contribution in [2.24, 2.45) is 0 Å². The predicted molar refractivity (Wildman–Crippen MR) is 67.3 cm³/mol. The van der Waals surface area contributed by atoms with Gasteiger partial charge in [-0.1, -0.05) is 6.92 Å². The zero-order valence-electron chi connectivity index (χ0n) is 11.0. The molecule has 1 N–H and O–H groups in total. The summed E-state index contributed by atoms with van der Waals surface area (Å²) >= 11 is 0. The Bertz CT molecular complexity index is 452. The molecule has 5 heteroatoms. The Balaban J connectivity index is 1.79. The molecule has 0 aromatic carbocycles. The van der Waals surface area contributed by atoms with Gasteiger partial charge in [-0.3, -0.25) is 9.89 Å². The molecule has 2 fully saturated rings. The minimum absolute atomic E-state index is 0.00463. The lowest BCUT2D eigenvalue weighted by atomic mass is 10.1. The quantitative estimate of drug-likeness (QED) is 0.890. The number of aromatic amines is 1. The molecule has 1 aromatic rings. The van der Waals surface area contributed by atoms with Gasteiger partial charge in [0.25, 0.3) is 5.91 Å². The van der Waals surface area contributed by atoms with Crippen LogP contribution < -0.4 is 0 Å². The van der Waals surface area contributed by atoms with E-state index in [-0.39, 0.29) is 5.91 Å². The standard InChI is InChI=1S/C13H20N4O/c1-3-10-7-4-8(2)17(10)13(18)12-14-11(15-16-12)9-5-6-9/h8-10H,3-7H2,1-2H3,(H,14,15,16). The van der Waals surface area contributed by atoms with E-state index >= 15 is 0 Å². The molecule has 2 heterocycles. The van der Waals surface area contributed by atoms with Crippen LogP contribution in [0.2, 0.25) is 0 Å². The van der Waals surface area contributed by atoms with Crippen molar-refractivity contribution in [1.29, 1.82) is 0 Å². The monoisotopic (exact) mass is 248 g/mol. The van der Waals surface area contributed by atoms with Crippen molar-refractivity contribution in [2.45, 2.75) is 64.0 Å². The average molecular weight is 248 g/mol. The fraction of sp³-hybridized carbons (Fsp3) is 0.769. The lowest BCUT2D eigenvalue weighted by Crippen LogP contribution is -2.40. The number of H-pyrrole nitrogens is 1. The van der Waals surface area contributed by atoms with Crippen LogP contribution in [0.4, 0.5) is 0 Å². The highest BCUT2D eigenvalue weighted by atomic mass is 16.2. The smallest absolute Gasteiger partial charge is 0.294 e. The van der Waals surface area contributed by atoms with Gasteiger partial charge in [-0.15, -0.1) is 5.10 Å². The van der Waals surface area contributed by atoms with Crippen LogP contribution in [0.25, 0.3) is 0 Å². The van der Waals surface area contributed by atoms with E-state index in [4.69, 9.17) is 0 Å². The minimum Gasteiger partial charge on any atom is -0.330 e. The van der Waals surface area contributed by atoms with Gasteiger partial charge in [0.15, 0.2) is 0 Å². The van der Waals surface area contributed by atoms with Gasteiger partial charge in [-0.2, -0.15) is 0 Å². The molecule has 3 rings (SSSR count). The first-order valence-electron chi connectivity index (χ1n) is 6.95. The van der Waals surface area contributed by atoms with E-state index in [0.717, 1.165) is 25.1 Å². The summed E-state index contributed by atoms with van der Waals surface area (Å²) in [6.07, 6.45) is 5.53. The second-order valence-corrected chi connectivity index (χ2v) is 5.52. The number of nitrogens with zero attached hydrogens (tertiary/aromatic N) is 3. The summed E-state index contributed by atoms with van der Waals surface area (Å²) in [7, 11) is 0. The Hall–Kier alpha value is -1.39. The molecule has 2 aliphatic rings. The number of rotatable bonds is 3. The Morgan fingerprint density at radius 3 is 2.83 bits per heavy atom. The SMILES string of the molecule is CCC1CCC(C)N1C(=O)c1n[nH]c(C2CC2)n1. The van der Waals surface area contributed by atoms with Crippen LogP contribution in [0.5, 0.6) is 0 Å². The number of likely N-dealkylation sites (tertiary alicyclic amines) is 1. The first-order chi connectivity index (χ1) is 8.70. The number of nitrogens with one attached hydrogen (secondary N) is 1. The summed E-state index contributed by atoms with van der Waals surface area (Å²) in [5.41, 5.74) is 0. The van der Waals surface area contributed by atoms with Crippen molar-refractivity contribution in [1.82, 2.24) is 20.1 Å². The minimum atomic E-state index is -0.00463. The predicted octanol–water partition coefficient (Wildman–Crippen LogP) is 2.09. The van der Waals surface area contributed by atoms with Gasteiger partial charge >= 0.3 is 0 Å². The fourth-order valence-electron chi connectivity index (χ4n) is 2.86. The summed E-state index contributed by atoms with van der Waals surface area (Å²) in [4.78, 5) is 18.8. The topological polar surface area (TPSA) is 61.9 Å². The zero-order valence-corrected chi connectivity index (χ0v) is 11.0. The van der Waals surface area contributed by atoms with E-state index < -0.39 is 0 Å². The summed E-state index contributed by atoms with van der Waals surface area (Å²) in [5, 5.41) is 7.01. The summed E-state index contributed by atoms with van der Waals surface area (Å²) in [6.45, 7) is 4.25. The van der Waals surface area contributed by atoms with Crippen LogP contribution in [-0.4, -0.2) is 38.1 Å². The highest BCUT2D eigenvalue weighted by Gasteiger charge is 2.36. The molecule has 1 saturated carbocycles. The van der Waals surface area contributed by atoms with Crippen LogP contribution in [0.3, 0.4) is 0 Å². The van der Waals surface area contributed by atoms with Crippen LogP contribution in [-0.2, 0) is 0 Å². The van der Waals surface area contributed by atoms with E-state index in [1.807, 2.05) is 4.90 Å². The van der Waals surface area contributed by atoms with E-state index in [0.29, 0.717) is 23.8 Å². The molecule has 98 valence electrons. The van der Waals surface area contributed by atoms with Crippen molar-refractivity contribution in [3.8, 4) is 0 Å². The maximum absolute atomic E-state index is 12.5. The third-order valence-electron chi connectivity index (χ3n) is 4.15. The van der Waals surface area contributed by atoms with Crippen molar-refractivity contribution in [3.05, 3.63) is 11.6 Å². The van der Waals surface area contributed by atoms with Crippen molar-refractivity contribution < 1.29 is 4.79 Å². The number of carbonyl (C=O) groups is 1. The van der Waals surface area contributed by atoms with Crippen LogP contribution in [0.15, 0.2) is 0 Å². The average Bonchev–Trinajstić information content (AvgIpc) is 2.98. The first kappa shape index (κ1) is 11.7. The van der Waals surface area contributed by atoms with E-state index in [2.05, 4.69) is 29.0 Å². The van der Waals surface area contributed by atoms with Gasteiger partial charge in [0.05, 0.1) is 0 Å². The van der Waals surface area contributed by atoms with Gasteiger partial charge in [-0.25, -0.2) is 4.98 Å². The Kier molecular flexibility index (Phi) is 2.84. The number of hydrogen-bond donors (Lipinski definition) is 1. The molecule has 0 bridgehead atoms. The van der Waals surface area contributed by atoms with E-state index in [9.17, 15) is 4.79 Å². The largest absolute Gasteiger partial charge is 0.330 e. The maximum atomic E-state index is 12.5.